The monoisotopic (exact) mass is 474 g/mol. The van der Waals surface area contributed by atoms with E-state index in [9.17, 15) is 14.4 Å². The summed E-state index contributed by atoms with van der Waals surface area (Å²) < 4.78 is 4.75. The molecule has 3 aliphatic heterocycles. The second kappa shape index (κ2) is 9.66. The second-order valence-electron chi connectivity index (χ2n) is 9.43. The van der Waals surface area contributed by atoms with Crippen LogP contribution in [0.2, 0.25) is 0 Å². The number of ether oxygens (including phenoxy) is 1. The molecular formula is C25H34N2O5S. The number of fused-ring (bicyclic) bond motifs is 1. The van der Waals surface area contributed by atoms with E-state index in [0.717, 1.165) is 36.1 Å². The van der Waals surface area contributed by atoms with Gasteiger partial charge in [-0.1, -0.05) is 12.1 Å². The van der Waals surface area contributed by atoms with Crippen molar-refractivity contribution in [1.82, 2.24) is 4.90 Å². The molecule has 1 aromatic carbocycles. The van der Waals surface area contributed by atoms with Crippen molar-refractivity contribution in [2.24, 2.45) is 11.8 Å². The highest BCUT2D eigenvalue weighted by Crippen LogP contribution is 2.66. The first-order valence-corrected chi connectivity index (χ1v) is 12.9. The molecule has 1 spiro atoms. The maximum Gasteiger partial charge on any atom is 0.310 e. The van der Waals surface area contributed by atoms with E-state index in [2.05, 4.69) is 5.32 Å². The van der Waals surface area contributed by atoms with Crippen molar-refractivity contribution in [3.05, 3.63) is 29.3 Å². The summed E-state index contributed by atoms with van der Waals surface area (Å²) in [6.45, 7) is 6.55. The molecule has 4 rings (SSSR count). The number of anilines is 1. The van der Waals surface area contributed by atoms with Crippen LogP contribution in [0, 0.1) is 25.7 Å². The summed E-state index contributed by atoms with van der Waals surface area (Å²) in [7, 11) is 0. The number of nitrogens with one attached hydrogen (secondary N) is 1. The third-order valence-corrected chi connectivity index (χ3v) is 9.27. The minimum absolute atomic E-state index is 0.0190. The lowest BCUT2D eigenvalue weighted by molar-refractivity contribution is -0.153. The van der Waals surface area contributed by atoms with Crippen molar-refractivity contribution in [3.8, 4) is 0 Å². The number of esters is 1. The molecular weight excluding hydrogens is 440 g/mol. The number of nitrogens with zero attached hydrogens (tertiary/aromatic N) is 1. The van der Waals surface area contributed by atoms with E-state index in [1.54, 1.807) is 23.6 Å². The van der Waals surface area contributed by atoms with Gasteiger partial charge in [-0.15, -0.1) is 11.8 Å². The molecule has 33 heavy (non-hydrogen) atoms. The molecule has 2 unspecified atom stereocenters. The number of aliphatic hydroxyl groups excluding tert-OH is 1. The zero-order valence-electron chi connectivity index (χ0n) is 19.6. The Kier molecular flexibility index (Phi) is 7.05. The average Bonchev–Trinajstić information content (AvgIpc) is 3.41. The van der Waals surface area contributed by atoms with Crippen molar-refractivity contribution in [3.63, 3.8) is 0 Å². The van der Waals surface area contributed by atoms with Crippen LogP contribution in [0.15, 0.2) is 18.2 Å². The number of carbonyl (C=O) groups excluding carboxylic acids is 3. The number of rotatable bonds is 9. The van der Waals surface area contributed by atoms with E-state index in [1.807, 2.05) is 32.0 Å². The second-order valence-corrected chi connectivity index (χ2v) is 11.0. The number of thioether (sulfide) groups is 1. The lowest BCUT2D eigenvalue weighted by Crippen LogP contribution is -2.51. The fourth-order valence-electron chi connectivity index (χ4n) is 5.84. The summed E-state index contributed by atoms with van der Waals surface area (Å²) in [5, 5.41) is 12.2. The molecule has 180 valence electrons. The highest BCUT2D eigenvalue weighted by Gasteiger charge is 2.73. The molecule has 8 heteroatoms. The van der Waals surface area contributed by atoms with Gasteiger partial charge in [0.25, 0.3) is 0 Å². The molecule has 3 heterocycles. The van der Waals surface area contributed by atoms with E-state index in [-0.39, 0.29) is 36.2 Å². The molecule has 3 aliphatic rings. The van der Waals surface area contributed by atoms with Crippen LogP contribution in [0.4, 0.5) is 5.69 Å². The van der Waals surface area contributed by atoms with Crippen molar-refractivity contribution >= 4 is 35.2 Å². The molecule has 0 radical (unpaired) electrons. The Hall–Kier alpha value is -2.06. The zero-order valence-corrected chi connectivity index (χ0v) is 20.5. The van der Waals surface area contributed by atoms with Gasteiger partial charge in [0.15, 0.2) is 0 Å². The van der Waals surface area contributed by atoms with E-state index in [4.69, 9.17) is 9.84 Å². The summed E-state index contributed by atoms with van der Waals surface area (Å²) in [5.41, 5.74) is 2.77. The van der Waals surface area contributed by atoms with Gasteiger partial charge in [-0.3, -0.25) is 14.4 Å². The Morgan fingerprint density at radius 1 is 1.27 bits per heavy atom. The molecule has 5 atom stereocenters. The largest absolute Gasteiger partial charge is 0.466 e. The van der Waals surface area contributed by atoms with Gasteiger partial charge in [0, 0.05) is 24.1 Å². The lowest BCUT2D eigenvalue weighted by Gasteiger charge is -2.34. The molecule has 2 amide bonds. The van der Waals surface area contributed by atoms with Gasteiger partial charge in [0.05, 0.1) is 23.2 Å². The number of hydrogen-bond donors (Lipinski definition) is 2. The predicted molar refractivity (Wildman–Crippen MR) is 128 cm³/mol. The number of aryl methyl sites for hydroxylation is 2. The molecule has 2 bridgehead atoms. The van der Waals surface area contributed by atoms with Crippen LogP contribution in [0.5, 0.6) is 0 Å². The van der Waals surface area contributed by atoms with Crippen LogP contribution < -0.4 is 5.32 Å². The van der Waals surface area contributed by atoms with Gasteiger partial charge in [-0.25, -0.2) is 0 Å². The maximum atomic E-state index is 13.8. The smallest absolute Gasteiger partial charge is 0.310 e. The van der Waals surface area contributed by atoms with Crippen molar-refractivity contribution < 1.29 is 24.2 Å². The molecule has 0 aromatic heterocycles. The Bertz CT molecular complexity index is 937. The molecule has 0 saturated carbocycles. The first-order valence-electron chi connectivity index (χ1n) is 12.0. The van der Waals surface area contributed by atoms with E-state index < -0.39 is 22.6 Å². The normalized spacial score (nSPS) is 29.9. The first-order chi connectivity index (χ1) is 15.8. The van der Waals surface area contributed by atoms with E-state index in [0.29, 0.717) is 19.4 Å². The van der Waals surface area contributed by atoms with Crippen LogP contribution in [0.3, 0.4) is 0 Å². The standard InChI is InChI=1S/C25H34N2O5S/c1-4-32-24(31)19-18-10-11-25(33-18)20(19)23(30)27(12-6-5-7-13-28)21(25)22(29)26-17-14-15(2)8-9-16(17)3/h8-9,14,18-21,28H,4-7,10-13H2,1-3H3,(H,26,29)/t18-,19+,20-,21?,25?/m0/s1. The highest BCUT2D eigenvalue weighted by molar-refractivity contribution is 8.02. The van der Waals surface area contributed by atoms with Gasteiger partial charge < -0.3 is 20.1 Å². The lowest BCUT2D eigenvalue weighted by atomic mass is 9.71. The van der Waals surface area contributed by atoms with Crippen LogP contribution in [0.1, 0.15) is 50.2 Å². The third kappa shape index (κ3) is 4.16. The topological polar surface area (TPSA) is 95.9 Å². The molecule has 0 aliphatic carbocycles. The Labute approximate surface area is 199 Å². The van der Waals surface area contributed by atoms with Gasteiger partial charge in [-0.05, 0) is 70.1 Å². The molecule has 3 saturated heterocycles. The number of hydrogen-bond acceptors (Lipinski definition) is 6. The number of carbonyl (C=O) groups is 3. The Morgan fingerprint density at radius 3 is 2.79 bits per heavy atom. The minimum atomic E-state index is -0.626. The van der Waals surface area contributed by atoms with Crippen molar-refractivity contribution in [1.29, 1.82) is 0 Å². The number of aliphatic hydroxyl groups is 1. The van der Waals surface area contributed by atoms with Crippen LogP contribution in [0.25, 0.3) is 0 Å². The maximum absolute atomic E-state index is 13.8. The molecule has 2 N–H and O–H groups in total. The van der Waals surface area contributed by atoms with E-state index >= 15 is 0 Å². The van der Waals surface area contributed by atoms with Gasteiger partial charge in [-0.2, -0.15) is 0 Å². The van der Waals surface area contributed by atoms with Gasteiger partial charge in [0.2, 0.25) is 11.8 Å². The first kappa shape index (κ1) is 24.1. The number of benzene rings is 1. The summed E-state index contributed by atoms with van der Waals surface area (Å²) in [6, 6.07) is 5.31. The SMILES string of the molecule is CCOC(=O)[C@@H]1[C@@H]2CCC3(S2)C(C(=O)Nc2cc(C)ccc2C)N(CCCCCO)C(=O)[C@H]13. The Morgan fingerprint density at radius 2 is 2.06 bits per heavy atom. The van der Waals surface area contributed by atoms with Gasteiger partial charge >= 0.3 is 5.97 Å². The molecule has 3 fully saturated rings. The van der Waals surface area contributed by atoms with Crippen LogP contribution in [-0.2, 0) is 19.1 Å². The number of likely N-dealkylation sites (tertiary alicyclic amines) is 1. The van der Waals surface area contributed by atoms with Crippen molar-refractivity contribution in [2.45, 2.75) is 68.9 Å². The van der Waals surface area contributed by atoms with E-state index in [1.165, 1.54) is 0 Å². The summed E-state index contributed by atoms with van der Waals surface area (Å²) in [5.74, 6) is -1.61. The Balaban J connectivity index is 1.66. The minimum Gasteiger partial charge on any atom is -0.466 e. The third-order valence-electron chi connectivity index (χ3n) is 7.32. The fourth-order valence-corrected chi connectivity index (χ4v) is 8.05. The van der Waals surface area contributed by atoms with Gasteiger partial charge in [0.1, 0.15) is 6.04 Å². The molecule has 7 nitrogen and oxygen atoms in total. The zero-order chi connectivity index (χ0) is 23.8. The number of amides is 2. The van der Waals surface area contributed by atoms with Crippen LogP contribution in [-0.4, -0.2) is 63.6 Å². The fraction of sp³-hybridized carbons (Fsp3) is 0.640. The van der Waals surface area contributed by atoms with Crippen molar-refractivity contribution in [2.75, 3.05) is 25.1 Å². The average molecular weight is 475 g/mol. The predicted octanol–water partition coefficient (Wildman–Crippen LogP) is 3.06. The summed E-state index contributed by atoms with van der Waals surface area (Å²) in [4.78, 5) is 42.0. The molecule has 1 aromatic rings. The van der Waals surface area contributed by atoms with Crippen LogP contribution >= 0.6 is 11.8 Å². The summed E-state index contributed by atoms with van der Waals surface area (Å²) in [6.07, 6.45) is 3.70. The summed E-state index contributed by atoms with van der Waals surface area (Å²) >= 11 is 1.65. The quantitative estimate of drug-likeness (QED) is 0.422. The number of unbranched alkanes of at least 4 members (excludes halogenated alkanes) is 2. The highest BCUT2D eigenvalue weighted by atomic mass is 32.2.